The number of hydrogen-bond acceptors (Lipinski definition) is 6. The number of aryl methyl sites for hydroxylation is 1. The first kappa shape index (κ1) is 27.8. The lowest BCUT2D eigenvalue weighted by Crippen LogP contribution is -2.50. The minimum atomic E-state index is -3.83. The zero-order valence-electron chi connectivity index (χ0n) is 20.5. The molecule has 1 amide bonds. The van der Waals surface area contributed by atoms with E-state index in [9.17, 15) is 18.3 Å². The number of carbonyl (C=O) groups is 1. The lowest BCUT2D eigenvalue weighted by molar-refractivity contribution is -0.126. The molecule has 0 heterocycles. The zero-order valence-corrected chi connectivity index (χ0v) is 21.3. The molecule has 0 fully saturated rings. The maximum absolute atomic E-state index is 13.3. The van der Waals surface area contributed by atoms with Crippen LogP contribution >= 0.6 is 0 Å². The van der Waals surface area contributed by atoms with E-state index in [1.165, 1.54) is 16.4 Å². The Kier molecular flexibility index (Phi) is 9.64. The topological polar surface area (TPSA) is 139 Å². The first-order valence-electron chi connectivity index (χ1n) is 11.5. The summed E-state index contributed by atoms with van der Waals surface area (Å²) in [5.41, 5.74) is 13.0. The van der Waals surface area contributed by atoms with Crippen molar-refractivity contribution < 1.29 is 18.3 Å². The second-order valence-electron chi connectivity index (χ2n) is 9.29. The van der Waals surface area contributed by atoms with Gasteiger partial charge in [-0.2, -0.15) is 4.31 Å². The fourth-order valence-corrected chi connectivity index (χ4v) is 5.72. The van der Waals surface area contributed by atoms with Crippen LogP contribution in [0.4, 0.5) is 5.69 Å². The van der Waals surface area contributed by atoms with E-state index in [-0.39, 0.29) is 29.9 Å². The van der Waals surface area contributed by atoms with Crippen LogP contribution in [0.2, 0.25) is 0 Å². The molecule has 2 atom stereocenters. The van der Waals surface area contributed by atoms with Gasteiger partial charge in [0.25, 0.3) is 0 Å². The van der Waals surface area contributed by atoms with Crippen molar-refractivity contribution in [3.05, 3.63) is 59.7 Å². The van der Waals surface area contributed by atoms with E-state index in [4.69, 9.17) is 11.5 Å². The van der Waals surface area contributed by atoms with Crippen molar-refractivity contribution in [1.82, 2.24) is 9.62 Å². The number of nitrogens with two attached hydrogens (primary N) is 2. The number of nitrogens with one attached hydrogen (secondary N) is 1. The Bertz CT molecular complexity index is 1050. The summed E-state index contributed by atoms with van der Waals surface area (Å²) >= 11 is 0. The fraction of sp³-hybridized carbons (Fsp3) is 0.480. The van der Waals surface area contributed by atoms with Gasteiger partial charge in [-0.3, -0.25) is 4.79 Å². The number of carbonyl (C=O) groups excluding carboxylic acids is 1. The molecule has 6 N–H and O–H groups in total. The Morgan fingerprint density at radius 2 is 1.76 bits per heavy atom. The van der Waals surface area contributed by atoms with Crippen LogP contribution in [0.15, 0.2) is 53.4 Å². The summed E-state index contributed by atoms with van der Waals surface area (Å²) in [6.45, 7) is 7.67. The fourth-order valence-electron chi connectivity index (χ4n) is 3.91. The van der Waals surface area contributed by atoms with Crippen molar-refractivity contribution in [2.45, 2.75) is 57.0 Å². The van der Waals surface area contributed by atoms with Crippen molar-refractivity contribution in [2.24, 2.45) is 11.7 Å². The molecule has 9 heteroatoms. The minimum absolute atomic E-state index is 0.0596. The first-order valence-corrected chi connectivity index (χ1v) is 13.0. The highest BCUT2D eigenvalue weighted by Gasteiger charge is 2.33. The third-order valence-corrected chi connectivity index (χ3v) is 7.76. The average Bonchev–Trinajstić information content (AvgIpc) is 2.78. The number of amides is 1. The summed E-state index contributed by atoms with van der Waals surface area (Å²) in [5, 5.41) is 12.9. The van der Waals surface area contributed by atoms with Gasteiger partial charge in [-0.25, -0.2) is 8.42 Å². The monoisotopic (exact) mass is 490 g/mol. The number of nitrogens with zero attached hydrogens (tertiary/aromatic N) is 1. The summed E-state index contributed by atoms with van der Waals surface area (Å²) < 4.78 is 28.0. The van der Waals surface area contributed by atoms with Crippen molar-refractivity contribution in [2.75, 3.05) is 25.4 Å². The number of anilines is 1. The molecule has 0 saturated heterocycles. The normalized spacial score (nSPS) is 14.7. The predicted molar refractivity (Wildman–Crippen MR) is 135 cm³/mol. The number of aliphatic hydroxyl groups excluding tert-OH is 1. The van der Waals surface area contributed by atoms with E-state index < -0.39 is 21.6 Å². The molecule has 0 radical (unpaired) electrons. The lowest BCUT2D eigenvalue weighted by Gasteiger charge is -2.31. The first-order chi connectivity index (χ1) is 15.9. The van der Waals surface area contributed by atoms with Crippen molar-refractivity contribution >= 4 is 21.6 Å². The molecule has 0 aromatic heterocycles. The van der Waals surface area contributed by atoms with Crippen LogP contribution in [-0.4, -0.2) is 49.5 Å². The zero-order chi connectivity index (χ0) is 25.5. The number of hydrogen-bond donors (Lipinski definition) is 4. The van der Waals surface area contributed by atoms with Crippen LogP contribution in [0.1, 0.15) is 44.7 Å². The standard InChI is InChI=1S/C25H38N4O4S/c1-18(2)16-29(34(32,33)22-13-11-20(26)12-14-22)21(17-30)9-7-15-28-24(31)25(4,27)23-10-6-5-8-19(23)3/h5-6,8,10-14,18,21,30H,7,9,15-17,26-27H2,1-4H3,(H,28,31)/t21-,25-/m0/s1. The molecule has 0 saturated carbocycles. The summed E-state index contributed by atoms with van der Waals surface area (Å²) in [4.78, 5) is 12.9. The molecule has 0 unspecified atom stereocenters. The van der Waals surface area contributed by atoms with E-state index in [0.717, 1.165) is 11.1 Å². The highest BCUT2D eigenvalue weighted by atomic mass is 32.2. The van der Waals surface area contributed by atoms with E-state index in [2.05, 4.69) is 5.32 Å². The number of nitrogen functional groups attached to an aromatic ring is 1. The van der Waals surface area contributed by atoms with Crippen LogP contribution in [0, 0.1) is 12.8 Å². The molecule has 0 bridgehead atoms. The highest BCUT2D eigenvalue weighted by molar-refractivity contribution is 7.89. The third kappa shape index (κ3) is 6.79. The van der Waals surface area contributed by atoms with Crippen LogP contribution in [0.25, 0.3) is 0 Å². The smallest absolute Gasteiger partial charge is 0.244 e. The number of rotatable bonds is 12. The molecule has 2 rings (SSSR count). The Balaban J connectivity index is 2.07. The van der Waals surface area contributed by atoms with E-state index >= 15 is 0 Å². The quantitative estimate of drug-likeness (QED) is 0.266. The largest absolute Gasteiger partial charge is 0.399 e. The summed E-state index contributed by atoms with van der Waals surface area (Å²) in [6.07, 6.45) is 0.857. The second kappa shape index (κ2) is 11.8. The van der Waals surface area contributed by atoms with E-state index in [0.29, 0.717) is 25.1 Å². The number of benzene rings is 2. The highest BCUT2D eigenvalue weighted by Crippen LogP contribution is 2.24. The van der Waals surface area contributed by atoms with Gasteiger partial charge in [-0.05, 0) is 68.0 Å². The minimum Gasteiger partial charge on any atom is -0.399 e. The maximum Gasteiger partial charge on any atom is 0.244 e. The van der Waals surface area contributed by atoms with Gasteiger partial charge < -0.3 is 21.9 Å². The summed E-state index contributed by atoms with van der Waals surface area (Å²) in [5.74, 6) is -0.250. The van der Waals surface area contributed by atoms with Gasteiger partial charge in [-0.1, -0.05) is 38.1 Å². The van der Waals surface area contributed by atoms with Crippen molar-refractivity contribution in [1.29, 1.82) is 0 Å². The van der Waals surface area contributed by atoms with Crippen LogP contribution < -0.4 is 16.8 Å². The van der Waals surface area contributed by atoms with E-state index in [1.54, 1.807) is 19.1 Å². The SMILES string of the molecule is Cc1ccccc1[C@](C)(N)C(=O)NCCC[C@@H](CO)N(CC(C)C)S(=O)(=O)c1ccc(N)cc1. The van der Waals surface area contributed by atoms with Gasteiger partial charge in [0, 0.05) is 24.8 Å². The Labute approximate surface area is 203 Å². The number of sulfonamides is 1. The predicted octanol–water partition coefficient (Wildman–Crippen LogP) is 2.36. The molecule has 0 spiro atoms. The Morgan fingerprint density at radius 1 is 1.15 bits per heavy atom. The average molecular weight is 491 g/mol. The van der Waals surface area contributed by atoms with Crippen LogP contribution in [0.3, 0.4) is 0 Å². The van der Waals surface area contributed by atoms with Crippen LogP contribution in [0.5, 0.6) is 0 Å². The Morgan fingerprint density at radius 3 is 2.32 bits per heavy atom. The third-order valence-electron chi connectivity index (χ3n) is 5.83. The molecule has 0 aliphatic heterocycles. The molecule has 34 heavy (non-hydrogen) atoms. The number of aliphatic hydroxyl groups is 1. The lowest BCUT2D eigenvalue weighted by atomic mass is 9.88. The molecular weight excluding hydrogens is 452 g/mol. The van der Waals surface area contributed by atoms with E-state index in [1.807, 2.05) is 45.0 Å². The van der Waals surface area contributed by atoms with Gasteiger partial charge >= 0.3 is 0 Å². The maximum atomic E-state index is 13.3. The van der Waals surface area contributed by atoms with Gasteiger partial charge in [0.15, 0.2) is 0 Å². The Hall–Kier alpha value is -2.46. The summed E-state index contributed by atoms with van der Waals surface area (Å²) in [6, 6.07) is 12.9. The van der Waals surface area contributed by atoms with Crippen LogP contribution in [-0.2, 0) is 20.4 Å². The van der Waals surface area contributed by atoms with Gasteiger partial charge in [0.2, 0.25) is 15.9 Å². The summed E-state index contributed by atoms with van der Waals surface area (Å²) in [7, 11) is -3.83. The second-order valence-corrected chi connectivity index (χ2v) is 11.2. The van der Waals surface area contributed by atoms with Gasteiger partial charge in [-0.15, -0.1) is 0 Å². The van der Waals surface area contributed by atoms with Gasteiger partial charge in [0.1, 0.15) is 5.54 Å². The molecule has 2 aromatic carbocycles. The molecule has 0 aliphatic rings. The van der Waals surface area contributed by atoms with Crippen molar-refractivity contribution in [3.8, 4) is 0 Å². The molecule has 188 valence electrons. The molecule has 2 aromatic rings. The molecule has 0 aliphatic carbocycles. The van der Waals surface area contributed by atoms with Gasteiger partial charge in [0.05, 0.1) is 11.5 Å². The molecule has 8 nitrogen and oxygen atoms in total. The van der Waals surface area contributed by atoms with Crippen molar-refractivity contribution in [3.63, 3.8) is 0 Å². The molecular formula is C25H38N4O4S.